The number of hydrogen-bond donors (Lipinski definition) is 1. The number of aromatic nitrogens is 2. The van der Waals surface area contributed by atoms with Crippen molar-refractivity contribution in [2.45, 2.75) is 25.4 Å². The first-order valence-electron chi connectivity index (χ1n) is 8.96. The summed E-state index contributed by atoms with van der Waals surface area (Å²) in [5, 5.41) is 4.39. The van der Waals surface area contributed by atoms with E-state index in [4.69, 9.17) is 10.5 Å². The van der Waals surface area contributed by atoms with Gasteiger partial charge >= 0.3 is 0 Å². The molecule has 0 saturated carbocycles. The number of nitrogens with zero attached hydrogens (tertiary/aromatic N) is 3. The molecule has 3 heterocycles. The molecule has 140 valence electrons. The van der Waals surface area contributed by atoms with Gasteiger partial charge in [0.15, 0.2) is 0 Å². The quantitative estimate of drug-likeness (QED) is 0.709. The molecule has 4 rings (SSSR count). The summed E-state index contributed by atoms with van der Waals surface area (Å²) in [5.41, 5.74) is 7.64. The molecule has 0 bridgehead atoms. The highest BCUT2D eigenvalue weighted by atomic mass is 32.1. The van der Waals surface area contributed by atoms with Crippen LogP contribution in [0, 0.1) is 0 Å². The number of methoxy groups -OCH3 is 1. The predicted molar refractivity (Wildman–Crippen MR) is 105 cm³/mol. The molecule has 1 saturated heterocycles. The molecule has 7 heteroatoms. The van der Waals surface area contributed by atoms with Gasteiger partial charge in [-0.3, -0.25) is 9.69 Å². The summed E-state index contributed by atoms with van der Waals surface area (Å²) in [6, 6.07) is 12.2. The summed E-state index contributed by atoms with van der Waals surface area (Å²) >= 11 is 1.50. The maximum absolute atomic E-state index is 11.4. The number of benzene rings is 1. The number of primary amides is 1. The Hall–Kier alpha value is -2.64. The van der Waals surface area contributed by atoms with Crippen molar-refractivity contribution in [2.24, 2.45) is 5.73 Å². The van der Waals surface area contributed by atoms with E-state index >= 15 is 0 Å². The Morgan fingerprint density at radius 2 is 2.26 bits per heavy atom. The minimum atomic E-state index is -0.357. The summed E-state index contributed by atoms with van der Waals surface area (Å²) in [4.78, 5) is 15.7. The number of carbonyl (C=O) groups is 1. The fourth-order valence-corrected chi connectivity index (χ4v) is 4.70. The second kappa shape index (κ2) is 7.54. The average Bonchev–Trinajstić information content (AvgIpc) is 3.42. The van der Waals surface area contributed by atoms with E-state index in [9.17, 15) is 4.79 Å². The van der Waals surface area contributed by atoms with E-state index in [-0.39, 0.29) is 5.91 Å². The number of ether oxygens (including phenoxy) is 1. The molecule has 1 atom stereocenters. The van der Waals surface area contributed by atoms with Crippen molar-refractivity contribution in [3.8, 4) is 11.4 Å². The first kappa shape index (κ1) is 17.8. The van der Waals surface area contributed by atoms with Crippen molar-refractivity contribution in [2.75, 3.05) is 13.7 Å². The summed E-state index contributed by atoms with van der Waals surface area (Å²) < 4.78 is 7.32. The highest BCUT2D eigenvalue weighted by molar-refractivity contribution is 7.14. The Morgan fingerprint density at radius 3 is 2.96 bits per heavy atom. The molecule has 3 aromatic rings. The van der Waals surface area contributed by atoms with Crippen LogP contribution in [0.25, 0.3) is 5.69 Å². The molecule has 1 unspecified atom stereocenters. The van der Waals surface area contributed by atoms with Crippen LogP contribution in [0.3, 0.4) is 0 Å². The van der Waals surface area contributed by atoms with Gasteiger partial charge < -0.3 is 10.5 Å². The smallest absolute Gasteiger partial charge is 0.258 e. The lowest BCUT2D eigenvalue weighted by molar-refractivity contribution is 0.100. The molecular weight excluding hydrogens is 360 g/mol. The van der Waals surface area contributed by atoms with E-state index < -0.39 is 0 Å². The van der Waals surface area contributed by atoms with Crippen LogP contribution in [-0.4, -0.2) is 34.2 Å². The lowest BCUT2D eigenvalue weighted by Crippen LogP contribution is -2.23. The molecule has 1 aliphatic rings. The van der Waals surface area contributed by atoms with Crippen molar-refractivity contribution in [1.29, 1.82) is 0 Å². The van der Waals surface area contributed by atoms with Gasteiger partial charge in [0.05, 0.1) is 17.7 Å². The lowest BCUT2D eigenvalue weighted by atomic mass is 10.1. The van der Waals surface area contributed by atoms with E-state index in [0.717, 1.165) is 42.9 Å². The summed E-state index contributed by atoms with van der Waals surface area (Å²) in [7, 11) is 1.68. The molecule has 1 fully saturated rings. The van der Waals surface area contributed by atoms with E-state index in [1.165, 1.54) is 16.2 Å². The highest BCUT2D eigenvalue weighted by Crippen LogP contribution is 2.37. The van der Waals surface area contributed by atoms with Gasteiger partial charge in [0.25, 0.3) is 5.91 Å². The monoisotopic (exact) mass is 382 g/mol. The van der Waals surface area contributed by atoms with Crippen molar-refractivity contribution < 1.29 is 9.53 Å². The molecule has 6 nitrogen and oxygen atoms in total. The largest absolute Gasteiger partial charge is 0.497 e. The Bertz CT molecular complexity index is 935. The number of rotatable bonds is 6. The van der Waals surface area contributed by atoms with Gasteiger partial charge in [0.2, 0.25) is 0 Å². The van der Waals surface area contributed by atoms with Gasteiger partial charge in [0.1, 0.15) is 5.75 Å². The van der Waals surface area contributed by atoms with Crippen LogP contribution in [0.5, 0.6) is 5.75 Å². The molecule has 1 amide bonds. The van der Waals surface area contributed by atoms with Crippen molar-refractivity contribution in [3.63, 3.8) is 0 Å². The fraction of sp³-hybridized carbons (Fsp3) is 0.300. The van der Waals surface area contributed by atoms with Gasteiger partial charge in [-0.15, -0.1) is 11.3 Å². The number of thiophene rings is 1. The van der Waals surface area contributed by atoms with Crippen LogP contribution < -0.4 is 10.5 Å². The van der Waals surface area contributed by atoms with E-state index in [2.05, 4.69) is 16.1 Å². The Kier molecular flexibility index (Phi) is 4.96. The topological polar surface area (TPSA) is 73.4 Å². The summed E-state index contributed by atoms with van der Waals surface area (Å²) in [6.45, 7) is 1.81. The number of hydrogen-bond acceptors (Lipinski definition) is 5. The fourth-order valence-electron chi connectivity index (χ4n) is 3.67. The number of amides is 1. The second-order valence-electron chi connectivity index (χ2n) is 6.64. The maximum atomic E-state index is 11.4. The van der Waals surface area contributed by atoms with Crippen LogP contribution in [0.2, 0.25) is 0 Å². The zero-order valence-electron chi connectivity index (χ0n) is 15.2. The third kappa shape index (κ3) is 3.61. The number of nitrogens with two attached hydrogens (primary N) is 1. The minimum Gasteiger partial charge on any atom is -0.497 e. The van der Waals surface area contributed by atoms with Crippen LogP contribution in [0.1, 0.15) is 39.0 Å². The molecule has 2 N–H and O–H groups in total. The maximum Gasteiger partial charge on any atom is 0.258 e. The van der Waals surface area contributed by atoms with Crippen molar-refractivity contribution in [3.05, 3.63) is 64.1 Å². The first-order chi connectivity index (χ1) is 13.2. The Labute approximate surface area is 162 Å². The van der Waals surface area contributed by atoms with Crippen LogP contribution in [0.4, 0.5) is 0 Å². The highest BCUT2D eigenvalue weighted by Gasteiger charge is 2.28. The first-order valence-corrected chi connectivity index (χ1v) is 9.78. The van der Waals surface area contributed by atoms with Gasteiger partial charge in [-0.1, -0.05) is 0 Å². The van der Waals surface area contributed by atoms with Gasteiger partial charge in [-0.2, -0.15) is 5.10 Å². The molecule has 0 aliphatic carbocycles. The SMILES string of the molecule is COc1ccc(-n2cccn2)c(CN2CCCC2c2ccc(C(N)=O)s2)c1. The van der Waals surface area contributed by atoms with Crippen molar-refractivity contribution in [1.82, 2.24) is 14.7 Å². The molecule has 0 spiro atoms. The molecular formula is C20H22N4O2S. The third-order valence-electron chi connectivity index (χ3n) is 4.97. The normalized spacial score (nSPS) is 17.3. The second-order valence-corrected chi connectivity index (χ2v) is 7.76. The van der Waals surface area contributed by atoms with Crippen LogP contribution >= 0.6 is 11.3 Å². The van der Waals surface area contributed by atoms with Crippen molar-refractivity contribution >= 4 is 17.2 Å². The van der Waals surface area contributed by atoms with Crippen LogP contribution in [0.15, 0.2) is 48.8 Å². The van der Waals surface area contributed by atoms with Gasteiger partial charge in [0, 0.05) is 29.9 Å². The molecule has 2 aromatic heterocycles. The zero-order valence-corrected chi connectivity index (χ0v) is 16.0. The predicted octanol–water partition coefficient (Wildman–Crippen LogP) is 3.38. The number of likely N-dealkylation sites (tertiary alicyclic amines) is 1. The molecule has 1 aliphatic heterocycles. The molecule has 0 radical (unpaired) electrons. The molecule has 1 aromatic carbocycles. The summed E-state index contributed by atoms with van der Waals surface area (Å²) in [5.74, 6) is 0.480. The van der Waals surface area contributed by atoms with E-state index in [1.54, 1.807) is 13.3 Å². The van der Waals surface area contributed by atoms with Crippen LogP contribution in [-0.2, 0) is 6.54 Å². The zero-order chi connectivity index (χ0) is 18.8. The third-order valence-corrected chi connectivity index (χ3v) is 6.17. The average molecular weight is 382 g/mol. The Morgan fingerprint density at radius 1 is 1.37 bits per heavy atom. The minimum absolute atomic E-state index is 0.305. The van der Waals surface area contributed by atoms with Gasteiger partial charge in [-0.05, 0) is 61.3 Å². The van der Waals surface area contributed by atoms with E-state index in [1.807, 2.05) is 41.2 Å². The standard InChI is InChI=1S/C20H22N4O2S/c1-26-15-5-6-16(24-11-3-9-22-24)14(12-15)13-23-10-2-4-17(23)18-7-8-19(27-18)20(21)25/h3,5-9,11-12,17H,2,4,10,13H2,1H3,(H2,21,25). The molecule has 27 heavy (non-hydrogen) atoms. The van der Waals surface area contributed by atoms with Gasteiger partial charge in [-0.25, -0.2) is 4.68 Å². The Balaban J connectivity index is 1.63. The number of carbonyl (C=O) groups excluding carboxylic acids is 1. The van der Waals surface area contributed by atoms with E-state index in [0.29, 0.717) is 10.9 Å². The summed E-state index contributed by atoms with van der Waals surface area (Å²) in [6.07, 6.45) is 5.95. The lowest BCUT2D eigenvalue weighted by Gasteiger charge is -2.25.